The summed E-state index contributed by atoms with van der Waals surface area (Å²) in [6.45, 7) is 9.74. The van der Waals surface area contributed by atoms with Crippen molar-refractivity contribution in [1.29, 1.82) is 0 Å². The van der Waals surface area contributed by atoms with Crippen LogP contribution in [-0.2, 0) is 16.6 Å². The largest absolute Gasteiger partial charge is 0.338 e. The van der Waals surface area contributed by atoms with Crippen molar-refractivity contribution in [1.82, 2.24) is 19.3 Å². The second kappa shape index (κ2) is 9.24. The lowest BCUT2D eigenvalue weighted by Gasteiger charge is -2.34. The summed E-state index contributed by atoms with van der Waals surface area (Å²) in [6.07, 6.45) is 0. The molecular formula is C23H27N5O5S. The van der Waals surface area contributed by atoms with E-state index in [9.17, 15) is 18.5 Å². The fourth-order valence-corrected chi connectivity index (χ4v) is 6.21. The number of aromatic nitrogens is 2. The van der Waals surface area contributed by atoms with Gasteiger partial charge < -0.3 is 4.52 Å². The predicted octanol–water partition coefficient (Wildman–Crippen LogP) is 3.38. The number of nitro groups is 1. The zero-order chi connectivity index (χ0) is 24.6. The number of nitrogens with zero attached hydrogens (tertiary/aromatic N) is 5. The van der Waals surface area contributed by atoms with E-state index in [1.807, 2.05) is 33.8 Å². The van der Waals surface area contributed by atoms with E-state index in [1.54, 1.807) is 16.4 Å². The zero-order valence-corrected chi connectivity index (χ0v) is 20.4. The highest BCUT2D eigenvalue weighted by Gasteiger charge is 2.32. The van der Waals surface area contributed by atoms with E-state index >= 15 is 0 Å². The van der Waals surface area contributed by atoms with E-state index in [4.69, 9.17) is 4.52 Å². The first kappa shape index (κ1) is 24.0. The summed E-state index contributed by atoms with van der Waals surface area (Å²) < 4.78 is 33.8. The molecule has 180 valence electrons. The van der Waals surface area contributed by atoms with Gasteiger partial charge in [0.1, 0.15) is 0 Å². The first-order chi connectivity index (χ1) is 16.1. The molecule has 0 saturated carbocycles. The van der Waals surface area contributed by atoms with Crippen LogP contribution < -0.4 is 0 Å². The molecule has 0 radical (unpaired) electrons. The lowest BCUT2D eigenvalue weighted by Crippen LogP contribution is -2.48. The molecule has 34 heavy (non-hydrogen) atoms. The monoisotopic (exact) mass is 485 g/mol. The molecule has 0 unspecified atom stereocenters. The first-order valence-electron chi connectivity index (χ1n) is 10.9. The minimum atomic E-state index is -3.61. The molecule has 4 rings (SSSR count). The molecule has 0 spiro atoms. The number of rotatable bonds is 6. The molecule has 0 N–H and O–H groups in total. The van der Waals surface area contributed by atoms with Crippen molar-refractivity contribution >= 4 is 15.7 Å². The van der Waals surface area contributed by atoms with Gasteiger partial charge in [0.25, 0.3) is 5.69 Å². The molecule has 0 amide bonds. The Morgan fingerprint density at radius 2 is 1.68 bits per heavy atom. The predicted molar refractivity (Wildman–Crippen MR) is 126 cm³/mol. The van der Waals surface area contributed by atoms with Crippen molar-refractivity contribution in [2.75, 3.05) is 26.2 Å². The lowest BCUT2D eigenvalue weighted by molar-refractivity contribution is -0.384. The Morgan fingerprint density at radius 1 is 1.03 bits per heavy atom. The van der Waals surface area contributed by atoms with E-state index in [-0.39, 0.29) is 11.5 Å². The third kappa shape index (κ3) is 4.59. The highest BCUT2D eigenvalue weighted by molar-refractivity contribution is 7.89. The number of hydrogen-bond donors (Lipinski definition) is 0. The second-order valence-electron chi connectivity index (χ2n) is 8.59. The maximum atomic E-state index is 13.5. The van der Waals surface area contributed by atoms with Crippen LogP contribution in [0.1, 0.15) is 28.1 Å². The molecule has 2 heterocycles. The Balaban J connectivity index is 1.44. The normalized spacial score (nSPS) is 15.5. The number of benzene rings is 2. The van der Waals surface area contributed by atoms with Gasteiger partial charge in [-0.25, -0.2) is 8.42 Å². The molecule has 1 aliphatic rings. The quantitative estimate of drug-likeness (QED) is 0.385. The van der Waals surface area contributed by atoms with Gasteiger partial charge in [-0.2, -0.15) is 9.29 Å². The summed E-state index contributed by atoms with van der Waals surface area (Å²) in [6, 6.07) is 8.08. The third-order valence-corrected chi connectivity index (χ3v) is 8.54. The average molecular weight is 486 g/mol. The fourth-order valence-electron chi connectivity index (χ4n) is 4.21. The maximum Gasteiger partial charge on any atom is 0.270 e. The molecule has 3 aromatic rings. The summed E-state index contributed by atoms with van der Waals surface area (Å²) in [5.74, 6) is 0.652. The summed E-state index contributed by atoms with van der Waals surface area (Å²) in [5, 5.41) is 14.9. The van der Waals surface area contributed by atoms with Crippen molar-refractivity contribution in [2.45, 2.75) is 39.1 Å². The van der Waals surface area contributed by atoms with Gasteiger partial charge in [0, 0.05) is 43.9 Å². The van der Waals surface area contributed by atoms with Crippen LogP contribution in [0.15, 0.2) is 39.8 Å². The first-order valence-corrected chi connectivity index (χ1v) is 12.4. The SMILES string of the molecule is Cc1cc(C)c(C)c(S(=O)(=O)N2CCN(Cc3nc(-c4cccc([N+](=O)[O-])c4)no3)CC2)c1C. The van der Waals surface area contributed by atoms with Crippen LogP contribution in [0.4, 0.5) is 5.69 Å². The van der Waals surface area contributed by atoms with Crippen molar-refractivity contribution < 1.29 is 17.9 Å². The Hall–Kier alpha value is -3.15. The average Bonchev–Trinajstić information content (AvgIpc) is 3.27. The standard InChI is InChI=1S/C23H27N5O5S/c1-15-12-16(2)18(4)22(17(15)3)34(31,32)27-10-8-26(9-11-27)14-21-24-23(25-33-21)19-6-5-7-20(13-19)28(29)30/h5-7,12-13H,8-11,14H2,1-4H3. The van der Waals surface area contributed by atoms with Gasteiger partial charge in [0.15, 0.2) is 0 Å². The number of nitro benzene ring substituents is 1. The number of hydrogen-bond acceptors (Lipinski definition) is 8. The Morgan fingerprint density at radius 3 is 2.29 bits per heavy atom. The molecule has 1 aromatic heterocycles. The molecule has 2 aromatic carbocycles. The van der Waals surface area contributed by atoms with Crippen molar-refractivity contribution in [2.24, 2.45) is 0 Å². The molecule has 10 nitrogen and oxygen atoms in total. The Kier molecular flexibility index (Phi) is 6.52. The lowest BCUT2D eigenvalue weighted by atomic mass is 10.0. The van der Waals surface area contributed by atoms with E-state index in [0.717, 1.165) is 22.3 Å². The smallest absolute Gasteiger partial charge is 0.270 e. The molecule has 1 saturated heterocycles. The molecule has 0 aliphatic carbocycles. The fraction of sp³-hybridized carbons (Fsp3) is 0.391. The summed E-state index contributed by atoms with van der Waals surface area (Å²) >= 11 is 0. The summed E-state index contributed by atoms with van der Waals surface area (Å²) in [5.41, 5.74) is 3.98. The topological polar surface area (TPSA) is 123 Å². The maximum absolute atomic E-state index is 13.5. The van der Waals surface area contributed by atoms with E-state index < -0.39 is 14.9 Å². The third-order valence-electron chi connectivity index (χ3n) is 6.37. The van der Waals surface area contributed by atoms with Gasteiger partial charge in [0.05, 0.1) is 16.4 Å². The summed E-state index contributed by atoms with van der Waals surface area (Å²) in [7, 11) is -3.61. The van der Waals surface area contributed by atoms with Crippen LogP contribution in [0.3, 0.4) is 0 Å². The zero-order valence-electron chi connectivity index (χ0n) is 19.6. The van der Waals surface area contributed by atoms with Crippen molar-refractivity contribution in [3.05, 3.63) is 68.6 Å². The highest BCUT2D eigenvalue weighted by atomic mass is 32.2. The number of sulfonamides is 1. The van der Waals surface area contributed by atoms with E-state index in [1.165, 1.54) is 12.1 Å². The van der Waals surface area contributed by atoms with Crippen LogP contribution in [0.2, 0.25) is 0 Å². The van der Waals surface area contributed by atoms with Crippen molar-refractivity contribution in [3.63, 3.8) is 0 Å². The van der Waals surface area contributed by atoms with Crippen LogP contribution in [0.5, 0.6) is 0 Å². The van der Waals surface area contributed by atoms with Crippen LogP contribution in [-0.4, -0.2) is 58.9 Å². The number of piperazine rings is 1. The van der Waals surface area contributed by atoms with E-state index in [2.05, 4.69) is 15.0 Å². The Bertz CT molecular complexity index is 1320. The summed E-state index contributed by atoms with van der Waals surface area (Å²) in [4.78, 5) is 17.4. The number of non-ortho nitro benzene ring substituents is 1. The minimum Gasteiger partial charge on any atom is -0.338 e. The van der Waals surface area contributed by atoms with Gasteiger partial charge in [-0.1, -0.05) is 23.4 Å². The van der Waals surface area contributed by atoms with Crippen molar-refractivity contribution in [3.8, 4) is 11.4 Å². The molecular weight excluding hydrogens is 458 g/mol. The number of aryl methyl sites for hydroxylation is 2. The van der Waals surface area contributed by atoms with Gasteiger partial charge in [-0.05, 0) is 49.9 Å². The molecule has 11 heteroatoms. The van der Waals surface area contributed by atoms with Crippen LogP contribution in [0, 0.1) is 37.8 Å². The van der Waals surface area contributed by atoms with Gasteiger partial charge in [-0.3, -0.25) is 15.0 Å². The molecule has 1 aliphatic heterocycles. The van der Waals surface area contributed by atoms with Gasteiger partial charge in [0.2, 0.25) is 21.7 Å². The van der Waals surface area contributed by atoms with Crippen LogP contribution in [0.25, 0.3) is 11.4 Å². The highest BCUT2D eigenvalue weighted by Crippen LogP contribution is 2.29. The molecule has 0 bridgehead atoms. The van der Waals surface area contributed by atoms with Gasteiger partial charge >= 0.3 is 0 Å². The van der Waals surface area contributed by atoms with E-state index in [0.29, 0.717) is 49.1 Å². The van der Waals surface area contributed by atoms with Crippen LogP contribution >= 0.6 is 0 Å². The molecule has 1 fully saturated rings. The minimum absolute atomic E-state index is 0.0459. The Labute approximate surface area is 198 Å². The second-order valence-corrected chi connectivity index (χ2v) is 10.5. The van der Waals surface area contributed by atoms with Gasteiger partial charge in [-0.15, -0.1) is 0 Å². The molecule has 0 atom stereocenters.